The van der Waals surface area contributed by atoms with E-state index in [1.165, 1.54) is 16.5 Å². The standard InChI is InChI=1S/C16H27BrN2/c1-5-11-18-16(10-12-19(4)13(2)3)14-8-6-7-9-15(14)17/h6-9,13,16,18H,5,10-12H2,1-4H3. The smallest absolute Gasteiger partial charge is 0.0343 e. The minimum atomic E-state index is 0.428. The lowest BCUT2D eigenvalue weighted by Gasteiger charge is -2.26. The Morgan fingerprint density at radius 3 is 2.53 bits per heavy atom. The number of hydrogen-bond donors (Lipinski definition) is 1. The lowest BCUT2D eigenvalue weighted by molar-refractivity contribution is 0.256. The molecule has 0 radical (unpaired) electrons. The molecule has 0 aliphatic rings. The zero-order valence-corrected chi connectivity index (χ0v) is 14.2. The van der Waals surface area contributed by atoms with E-state index in [1.807, 2.05) is 0 Å². The van der Waals surface area contributed by atoms with E-state index in [2.05, 4.69) is 78.2 Å². The Morgan fingerprint density at radius 1 is 1.26 bits per heavy atom. The van der Waals surface area contributed by atoms with Gasteiger partial charge >= 0.3 is 0 Å². The molecule has 0 aromatic heterocycles. The first kappa shape index (κ1) is 16.7. The summed E-state index contributed by atoms with van der Waals surface area (Å²) in [6.07, 6.45) is 2.30. The van der Waals surface area contributed by atoms with E-state index in [4.69, 9.17) is 0 Å². The molecule has 0 heterocycles. The van der Waals surface area contributed by atoms with Gasteiger partial charge in [0.25, 0.3) is 0 Å². The fourth-order valence-electron chi connectivity index (χ4n) is 2.03. The van der Waals surface area contributed by atoms with Crippen molar-refractivity contribution >= 4 is 15.9 Å². The molecule has 1 aromatic rings. The predicted molar refractivity (Wildman–Crippen MR) is 87.6 cm³/mol. The Morgan fingerprint density at radius 2 is 1.95 bits per heavy atom. The molecule has 1 unspecified atom stereocenters. The van der Waals surface area contributed by atoms with Crippen LogP contribution in [0.15, 0.2) is 28.7 Å². The van der Waals surface area contributed by atoms with Crippen molar-refractivity contribution in [3.05, 3.63) is 34.3 Å². The molecule has 1 aromatic carbocycles. The molecule has 0 bridgehead atoms. The third-order valence-corrected chi connectivity index (χ3v) is 4.30. The van der Waals surface area contributed by atoms with Crippen molar-refractivity contribution in [2.45, 2.75) is 45.7 Å². The van der Waals surface area contributed by atoms with Crippen LogP contribution in [0.4, 0.5) is 0 Å². The Kier molecular flexibility index (Phi) is 7.66. The van der Waals surface area contributed by atoms with Gasteiger partial charge in [0.1, 0.15) is 0 Å². The van der Waals surface area contributed by atoms with Gasteiger partial charge < -0.3 is 10.2 Å². The summed E-state index contributed by atoms with van der Waals surface area (Å²) in [7, 11) is 2.20. The summed E-state index contributed by atoms with van der Waals surface area (Å²) in [5.74, 6) is 0. The van der Waals surface area contributed by atoms with Crippen LogP contribution in [0.25, 0.3) is 0 Å². The van der Waals surface area contributed by atoms with E-state index in [0.717, 1.165) is 19.5 Å². The predicted octanol–water partition coefficient (Wildman–Crippen LogP) is 4.22. The van der Waals surface area contributed by atoms with Gasteiger partial charge in [-0.3, -0.25) is 0 Å². The molecule has 0 spiro atoms. The molecule has 19 heavy (non-hydrogen) atoms. The maximum atomic E-state index is 3.67. The van der Waals surface area contributed by atoms with E-state index in [0.29, 0.717) is 12.1 Å². The second kappa shape index (κ2) is 8.72. The number of nitrogens with one attached hydrogen (secondary N) is 1. The van der Waals surface area contributed by atoms with E-state index in [1.54, 1.807) is 0 Å². The number of rotatable bonds is 8. The van der Waals surface area contributed by atoms with Crippen LogP contribution in [0.2, 0.25) is 0 Å². The van der Waals surface area contributed by atoms with Crippen molar-refractivity contribution in [1.82, 2.24) is 10.2 Å². The van der Waals surface area contributed by atoms with Gasteiger partial charge in [0.15, 0.2) is 0 Å². The molecule has 1 N–H and O–H groups in total. The fourth-order valence-corrected chi connectivity index (χ4v) is 2.60. The average molecular weight is 327 g/mol. The van der Waals surface area contributed by atoms with Crippen LogP contribution in [0, 0.1) is 0 Å². The fraction of sp³-hybridized carbons (Fsp3) is 0.625. The number of hydrogen-bond acceptors (Lipinski definition) is 2. The van der Waals surface area contributed by atoms with Gasteiger partial charge in [0, 0.05) is 16.6 Å². The largest absolute Gasteiger partial charge is 0.310 e. The minimum Gasteiger partial charge on any atom is -0.310 e. The SMILES string of the molecule is CCCNC(CCN(C)C(C)C)c1ccccc1Br. The van der Waals surface area contributed by atoms with E-state index in [9.17, 15) is 0 Å². The Hall–Kier alpha value is -0.380. The van der Waals surface area contributed by atoms with Gasteiger partial charge in [-0.15, -0.1) is 0 Å². The molecule has 1 atom stereocenters. The van der Waals surface area contributed by atoms with Crippen LogP contribution in [0.3, 0.4) is 0 Å². The zero-order chi connectivity index (χ0) is 14.3. The first-order chi connectivity index (χ1) is 9.06. The summed E-state index contributed by atoms with van der Waals surface area (Å²) in [6.45, 7) is 8.88. The van der Waals surface area contributed by atoms with E-state index in [-0.39, 0.29) is 0 Å². The summed E-state index contributed by atoms with van der Waals surface area (Å²) in [5.41, 5.74) is 1.37. The highest BCUT2D eigenvalue weighted by atomic mass is 79.9. The van der Waals surface area contributed by atoms with Crippen molar-refractivity contribution in [2.75, 3.05) is 20.1 Å². The quantitative estimate of drug-likeness (QED) is 0.769. The minimum absolute atomic E-state index is 0.428. The van der Waals surface area contributed by atoms with Crippen molar-refractivity contribution in [1.29, 1.82) is 0 Å². The molecule has 0 amide bonds. The van der Waals surface area contributed by atoms with E-state index >= 15 is 0 Å². The second-order valence-electron chi connectivity index (χ2n) is 5.39. The van der Waals surface area contributed by atoms with Gasteiger partial charge in [-0.1, -0.05) is 41.1 Å². The van der Waals surface area contributed by atoms with Gasteiger partial charge in [-0.05, 0) is 58.5 Å². The first-order valence-corrected chi connectivity index (χ1v) is 8.03. The van der Waals surface area contributed by atoms with Crippen LogP contribution in [-0.2, 0) is 0 Å². The summed E-state index contributed by atoms with van der Waals surface area (Å²) in [4.78, 5) is 2.40. The van der Waals surface area contributed by atoms with Crippen LogP contribution in [0.1, 0.15) is 45.2 Å². The van der Waals surface area contributed by atoms with Crippen molar-refractivity contribution < 1.29 is 0 Å². The summed E-state index contributed by atoms with van der Waals surface area (Å²) in [6, 6.07) is 9.56. The van der Waals surface area contributed by atoms with Crippen molar-refractivity contribution in [2.24, 2.45) is 0 Å². The molecule has 3 heteroatoms. The Bertz CT molecular complexity index is 366. The molecule has 0 saturated carbocycles. The molecule has 1 rings (SSSR count). The topological polar surface area (TPSA) is 15.3 Å². The normalized spacial score (nSPS) is 13.2. The lowest BCUT2D eigenvalue weighted by atomic mass is 10.0. The zero-order valence-electron chi connectivity index (χ0n) is 12.6. The number of halogens is 1. The molecule has 0 aliphatic heterocycles. The van der Waals surface area contributed by atoms with Crippen molar-refractivity contribution in [3.8, 4) is 0 Å². The van der Waals surface area contributed by atoms with Crippen LogP contribution in [0.5, 0.6) is 0 Å². The van der Waals surface area contributed by atoms with Crippen molar-refractivity contribution in [3.63, 3.8) is 0 Å². The second-order valence-corrected chi connectivity index (χ2v) is 6.25. The van der Waals surface area contributed by atoms with Gasteiger partial charge in [0.05, 0.1) is 0 Å². The number of benzene rings is 1. The van der Waals surface area contributed by atoms with Gasteiger partial charge in [-0.2, -0.15) is 0 Å². The summed E-state index contributed by atoms with van der Waals surface area (Å²) < 4.78 is 1.20. The van der Waals surface area contributed by atoms with Gasteiger partial charge in [0.2, 0.25) is 0 Å². The van der Waals surface area contributed by atoms with Crippen LogP contribution < -0.4 is 5.32 Å². The monoisotopic (exact) mass is 326 g/mol. The molecule has 2 nitrogen and oxygen atoms in total. The third kappa shape index (κ3) is 5.64. The Balaban J connectivity index is 2.69. The molecule has 108 valence electrons. The highest BCUT2D eigenvalue weighted by Gasteiger charge is 2.14. The molecule has 0 aliphatic carbocycles. The highest BCUT2D eigenvalue weighted by Crippen LogP contribution is 2.25. The highest BCUT2D eigenvalue weighted by molar-refractivity contribution is 9.10. The molecule has 0 saturated heterocycles. The van der Waals surface area contributed by atoms with Crippen LogP contribution in [-0.4, -0.2) is 31.1 Å². The van der Waals surface area contributed by atoms with Crippen LogP contribution >= 0.6 is 15.9 Å². The molecule has 0 fully saturated rings. The maximum absolute atomic E-state index is 3.67. The third-order valence-electron chi connectivity index (χ3n) is 3.57. The maximum Gasteiger partial charge on any atom is 0.0343 e. The lowest BCUT2D eigenvalue weighted by Crippen LogP contribution is -2.31. The molecular weight excluding hydrogens is 300 g/mol. The summed E-state index contributed by atoms with van der Waals surface area (Å²) >= 11 is 3.67. The summed E-state index contributed by atoms with van der Waals surface area (Å²) in [5, 5.41) is 3.66. The van der Waals surface area contributed by atoms with Gasteiger partial charge in [-0.25, -0.2) is 0 Å². The average Bonchev–Trinajstić information content (AvgIpc) is 2.39. The van der Waals surface area contributed by atoms with E-state index < -0.39 is 0 Å². The Labute approximate surface area is 126 Å². The molecular formula is C16H27BrN2. The number of nitrogens with zero attached hydrogens (tertiary/aromatic N) is 1. The first-order valence-electron chi connectivity index (χ1n) is 7.24.